The number of pyridine rings is 1. The molecule has 0 unspecified atom stereocenters. The number of fused-ring (bicyclic) bond motifs is 6. The van der Waals surface area contributed by atoms with Gasteiger partial charge in [-0.3, -0.25) is 4.98 Å². The van der Waals surface area contributed by atoms with Crippen LogP contribution in [0.2, 0.25) is 0 Å². The van der Waals surface area contributed by atoms with E-state index in [-0.39, 0.29) is 6.04 Å². The summed E-state index contributed by atoms with van der Waals surface area (Å²) in [5.74, 6) is 1.76. The number of nitrogens with zero attached hydrogens (tertiary/aromatic N) is 2. The minimum absolute atomic E-state index is 0.0589. The maximum Gasteiger partial charge on any atom is 0.131 e. The Morgan fingerprint density at radius 1 is 0.911 bits per heavy atom. The molecule has 0 radical (unpaired) electrons. The standard InChI is InChI=1S/C41H39N2O2/c1-3-27-25-43(22-20-30(27)23-39(43)41(44)36-19-21-42-38-18-17-32(45-2)24-37(36)38)26-31-16-15-29-10-5-7-13-34(29)40(31)35-14-8-11-28-9-4-6-12-33(28)35/h3-19,21,24,27,30,39,41,44H,1,20,22-23,25-26H2,2H3/q+1/t27-,30-,39+,41-,43-/m0/s1. The Balaban J connectivity index is 1.29. The molecule has 6 aromatic rings. The molecule has 3 fully saturated rings. The Labute approximate surface area is 264 Å². The SMILES string of the molecule is C=C[C@H]1C[N@+]2(Cc3ccc4ccccc4c3-c3cccc4ccccc34)CC[C@H]1C[C@@H]2[C@@H](O)c1ccnc2ccc(OC)cc12. The number of aliphatic hydroxyl groups excluding tert-OH is 1. The number of hydrogen-bond acceptors (Lipinski definition) is 3. The van der Waals surface area contributed by atoms with Crippen molar-refractivity contribution in [3.05, 3.63) is 133 Å². The molecule has 2 bridgehead atoms. The number of quaternary nitrogens is 1. The summed E-state index contributed by atoms with van der Waals surface area (Å²) in [4.78, 5) is 4.62. The van der Waals surface area contributed by atoms with Crippen LogP contribution >= 0.6 is 0 Å². The van der Waals surface area contributed by atoms with Crippen LogP contribution in [0.1, 0.15) is 30.1 Å². The van der Waals surface area contributed by atoms with Crippen molar-refractivity contribution in [3.8, 4) is 16.9 Å². The first-order valence-electron chi connectivity index (χ1n) is 16.2. The average molecular weight is 592 g/mol. The van der Waals surface area contributed by atoms with Crippen molar-refractivity contribution in [2.24, 2.45) is 11.8 Å². The van der Waals surface area contributed by atoms with E-state index in [1.807, 2.05) is 30.5 Å². The van der Waals surface area contributed by atoms with Crippen molar-refractivity contribution in [2.75, 3.05) is 20.2 Å². The fourth-order valence-corrected chi connectivity index (χ4v) is 8.67. The van der Waals surface area contributed by atoms with Crippen LogP contribution in [0.25, 0.3) is 43.6 Å². The zero-order chi connectivity index (χ0) is 30.5. The second-order valence-corrected chi connectivity index (χ2v) is 13.1. The predicted octanol–water partition coefficient (Wildman–Crippen LogP) is 8.86. The van der Waals surface area contributed by atoms with Gasteiger partial charge >= 0.3 is 0 Å². The summed E-state index contributed by atoms with van der Waals surface area (Å²) in [6.07, 6.45) is 5.52. The van der Waals surface area contributed by atoms with E-state index in [1.165, 1.54) is 38.2 Å². The lowest BCUT2D eigenvalue weighted by Gasteiger charge is -2.58. The molecule has 3 aliphatic rings. The highest BCUT2D eigenvalue weighted by Gasteiger charge is 2.54. The van der Waals surface area contributed by atoms with Crippen molar-refractivity contribution in [1.82, 2.24) is 4.98 Å². The number of piperidine rings is 3. The van der Waals surface area contributed by atoms with Crippen LogP contribution in [-0.4, -0.2) is 40.8 Å². The molecule has 4 heterocycles. The first kappa shape index (κ1) is 28.0. The summed E-state index contributed by atoms with van der Waals surface area (Å²) in [7, 11) is 1.69. The Kier molecular flexibility index (Phi) is 6.93. The fourth-order valence-electron chi connectivity index (χ4n) is 8.67. The molecule has 0 spiro atoms. The monoisotopic (exact) mass is 591 g/mol. The Hall–Kier alpha value is -4.51. The third-order valence-corrected chi connectivity index (χ3v) is 10.9. The predicted molar refractivity (Wildman–Crippen MR) is 184 cm³/mol. The van der Waals surface area contributed by atoms with Crippen molar-refractivity contribution in [2.45, 2.75) is 31.5 Å². The molecule has 0 amide bonds. The third-order valence-electron chi connectivity index (χ3n) is 10.9. The molecule has 4 nitrogen and oxygen atoms in total. The maximum absolute atomic E-state index is 12.4. The first-order chi connectivity index (χ1) is 22.1. The number of ether oxygens (including phenoxy) is 1. The topological polar surface area (TPSA) is 42.4 Å². The summed E-state index contributed by atoms with van der Waals surface area (Å²) >= 11 is 0. The van der Waals surface area contributed by atoms with E-state index in [0.717, 1.165) is 59.2 Å². The van der Waals surface area contributed by atoms with Gasteiger partial charge in [0, 0.05) is 35.9 Å². The molecule has 5 atom stereocenters. The van der Waals surface area contributed by atoms with Crippen LogP contribution in [0.3, 0.4) is 0 Å². The van der Waals surface area contributed by atoms with Gasteiger partial charge in [0.05, 0.1) is 25.7 Å². The van der Waals surface area contributed by atoms with Crippen LogP contribution in [0.5, 0.6) is 5.75 Å². The van der Waals surface area contributed by atoms with Crippen LogP contribution in [-0.2, 0) is 6.54 Å². The zero-order valence-corrected chi connectivity index (χ0v) is 25.8. The van der Waals surface area contributed by atoms with Gasteiger partial charge in [0.25, 0.3) is 0 Å². The van der Waals surface area contributed by atoms with E-state index in [4.69, 9.17) is 4.74 Å². The highest BCUT2D eigenvalue weighted by Crippen LogP contribution is 2.49. The largest absolute Gasteiger partial charge is 0.497 e. The van der Waals surface area contributed by atoms with Gasteiger partial charge in [0.2, 0.25) is 0 Å². The normalized spacial score (nSPS) is 23.4. The highest BCUT2D eigenvalue weighted by molar-refractivity contribution is 6.06. The molecule has 5 aromatic carbocycles. The molecular formula is C41H39N2O2+. The van der Waals surface area contributed by atoms with E-state index in [9.17, 15) is 5.11 Å². The van der Waals surface area contributed by atoms with Crippen LogP contribution in [0.15, 0.2) is 122 Å². The van der Waals surface area contributed by atoms with Gasteiger partial charge in [0.15, 0.2) is 0 Å². The van der Waals surface area contributed by atoms with Crippen LogP contribution in [0.4, 0.5) is 0 Å². The second-order valence-electron chi connectivity index (χ2n) is 13.1. The molecule has 0 saturated carbocycles. The third kappa shape index (κ3) is 4.63. The molecule has 3 aliphatic heterocycles. The lowest BCUT2D eigenvalue weighted by molar-refractivity contribution is -0.984. The minimum atomic E-state index is -0.627. The number of methoxy groups -OCH3 is 1. The van der Waals surface area contributed by atoms with Crippen LogP contribution < -0.4 is 4.74 Å². The van der Waals surface area contributed by atoms with Gasteiger partial charge in [-0.25, -0.2) is 0 Å². The first-order valence-corrected chi connectivity index (χ1v) is 16.2. The van der Waals surface area contributed by atoms with Gasteiger partial charge < -0.3 is 14.3 Å². The minimum Gasteiger partial charge on any atom is -0.497 e. The number of hydrogen-bond donors (Lipinski definition) is 1. The number of rotatable bonds is 7. The summed E-state index contributed by atoms with van der Waals surface area (Å²) in [6.45, 7) is 7.17. The number of benzene rings is 5. The van der Waals surface area contributed by atoms with Gasteiger partial charge in [-0.1, -0.05) is 84.9 Å². The Morgan fingerprint density at radius 3 is 2.51 bits per heavy atom. The van der Waals surface area contributed by atoms with E-state index in [0.29, 0.717) is 11.8 Å². The van der Waals surface area contributed by atoms with E-state index >= 15 is 0 Å². The Bertz CT molecular complexity index is 2060. The fraction of sp³-hybridized carbons (Fsp3) is 0.244. The lowest BCUT2D eigenvalue weighted by atomic mass is 9.71. The molecule has 0 aliphatic carbocycles. The van der Waals surface area contributed by atoms with Gasteiger partial charge in [-0.15, -0.1) is 6.58 Å². The molecular weight excluding hydrogens is 552 g/mol. The van der Waals surface area contributed by atoms with Crippen molar-refractivity contribution in [1.29, 1.82) is 0 Å². The number of aromatic nitrogens is 1. The van der Waals surface area contributed by atoms with Crippen LogP contribution in [0, 0.1) is 11.8 Å². The summed E-state index contributed by atoms with van der Waals surface area (Å²) in [6, 6.07) is 36.8. The quantitative estimate of drug-likeness (QED) is 0.149. The van der Waals surface area contributed by atoms with E-state index in [2.05, 4.69) is 96.5 Å². The summed E-state index contributed by atoms with van der Waals surface area (Å²) in [5.41, 5.74) is 5.75. The van der Waals surface area contributed by atoms with E-state index < -0.39 is 6.10 Å². The van der Waals surface area contributed by atoms with E-state index in [1.54, 1.807) is 7.11 Å². The molecule has 1 aromatic heterocycles. The Morgan fingerprint density at radius 2 is 1.69 bits per heavy atom. The highest BCUT2D eigenvalue weighted by atomic mass is 16.5. The summed E-state index contributed by atoms with van der Waals surface area (Å²) in [5, 5.41) is 18.4. The van der Waals surface area contributed by atoms with Crippen molar-refractivity contribution >= 4 is 32.4 Å². The zero-order valence-electron chi connectivity index (χ0n) is 25.8. The molecule has 45 heavy (non-hydrogen) atoms. The maximum atomic E-state index is 12.4. The molecule has 224 valence electrons. The lowest BCUT2D eigenvalue weighted by Crippen LogP contribution is -2.67. The van der Waals surface area contributed by atoms with Gasteiger partial charge in [-0.05, 0) is 68.4 Å². The van der Waals surface area contributed by atoms with Gasteiger partial charge in [0.1, 0.15) is 24.4 Å². The molecule has 9 rings (SSSR count). The molecule has 3 saturated heterocycles. The molecule has 1 N–H and O–H groups in total. The van der Waals surface area contributed by atoms with Crippen molar-refractivity contribution in [3.63, 3.8) is 0 Å². The smallest absolute Gasteiger partial charge is 0.131 e. The number of aliphatic hydroxyl groups is 1. The van der Waals surface area contributed by atoms with Gasteiger partial charge in [-0.2, -0.15) is 0 Å². The summed E-state index contributed by atoms with van der Waals surface area (Å²) < 4.78 is 6.42. The second kappa shape index (κ2) is 11.1. The molecule has 4 heteroatoms. The average Bonchev–Trinajstić information content (AvgIpc) is 3.10. The van der Waals surface area contributed by atoms with Crippen molar-refractivity contribution < 1.29 is 14.3 Å².